The molecule has 0 atom stereocenters. The maximum Gasteiger partial charge on any atom is 0.227 e. The minimum absolute atomic E-state index is 0.00897. The van der Waals surface area contributed by atoms with Gasteiger partial charge in [-0.15, -0.1) is 0 Å². The number of nitrogens with zero attached hydrogens (tertiary/aromatic N) is 2. The quantitative estimate of drug-likeness (QED) is 0.676. The smallest absolute Gasteiger partial charge is 0.227 e. The van der Waals surface area contributed by atoms with E-state index in [2.05, 4.69) is 28.1 Å². The molecule has 2 aromatic carbocycles. The lowest BCUT2D eigenvalue weighted by Crippen LogP contribution is -2.51. The fourth-order valence-corrected chi connectivity index (χ4v) is 3.81. The van der Waals surface area contributed by atoms with Gasteiger partial charge in [0.2, 0.25) is 11.8 Å². The minimum atomic E-state index is -0.337. The van der Waals surface area contributed by atoms with Crippen molar-refractivity contribution in [2.45, 2.75) is 25.7 Å². The molecule has 0 radical (unpaired) electrons. The summed E-state index contributed by atoms with van der Waals surface area (Å²) in [5, 5.41) is 0. The molecule has 0 saturated carbocycles. The molecule has 6 heteroatoms. The van der Waals surface area contributed by atoms with Crippen LogP contribution in [0.25, 0.3) is 0 Å². The van der Waals surface area contributed by atoms with Crippen molar-refractivity contribution in [2.24, 2.45) is 0 Å². The molecule has 2 amide bonds. The second-order valence-electron chi connectivity index (χ2n) is 7.03. The zero-order valence-corrected chi connectivity index (χ0v) is 17.3. The predicted octanol–water partition coefficient (Wildman–Crippen LogP) is 3.82. The molecule has 0 bridgehead atoms. The Morgan fingerprint density at radius 2 is 1.54 bits per heavy atom. The van der Waals surface area contributed by atoms with Crippen LogP contribution in [0.2, 0.25) is 0 Å². The number of rotatable bonds is 6. The maximum absolute atomic E-state index is 13.3. The van der Waals surface area contributed by atoms with Crippen molar-refractivity contribution >= 4 is 27.7 Å². The van der Waals surface area contributed by atoms with E-state index in [4.69, 9.17) is 0 Å². The number of carbonyl (C=O) groups is 2. The summed E-state index contributed by atoms with van der Waals surface area (Å²) >= 11 is 3.15. The van der Waals surface area contributed by atoms with E-state index in [9.17, 15) is 14.0 Å². The van der Waals surface area contributed by atoms with Gasteiger partial charge >= 0.3 is 0 Å². The number of benzene rings is 2. The van der Waals surface area contributed by atoms with Crippen molar-refractivity contribution in [3.8, 4) is 0 Å². The molecule has 4 nitrogen and oxygen atoms in total. The van der Waals surface area contributed by atoms with E-state index in [0.29, 0.717) is 37.1 Å². The first-order valence-electron chi connectivity index (χ1n) is 9.56. The van der Waals surface area contributed by atoms with Crippen molar-refractivity contribution in [3.05, 3.63) is 69.9 Å². The van der Waals surface area contributed by atoms with E-state index in [1.54, 1.807) is 17.0 Å². The number of piperazine rings is 1. The number of amides is 2. The van der Waals surface area contributed by atoms with Gasteiger partial charge in [0.05, 0.1) is 10.9 Å². The highest BCUT2D eigenvalue weighted by Crippen LogP contribution is 2.18. The largest absolute Gasteiger partial charge is 0.339 e. The van der Waals surface area contributed by atoms with Crippen LogP contribution in [0.15, 0.2) is 53.0 Å². The Balaban J connectivity index is 1.41. The Hall–Kier alpha value is -2.21. The highest BCUT2D eigenvalue weighted by atomic mass is 79.9. The number of halogens is 2. The molecule has 0 spiro atoms. The van der Waals surface area contributed by atoms with Crippen LogP contribution in [-0.2, 0) is 22.4 Å². The van der Waals surface area contributed by atoms with E-state index in [0.717, 1.165) is 18.4 Å². The Kier molecular flexibility index (Phi) is 7.20. The van der Waals surface area contributed by atoms with Gasteiger partial charge in [-0.3, -0.25) is 9.59 Å². The summed E-state index contributed by atoms with van der Waals surface area (Å²) in [7, 11) is 0. The molecule has 0 unspecified atom stereocenters. The molecule has 1 heterocycles. The SMILES string of the molecule is O=C(CCCc1ccccc1)N1CCN(C(=O)Cc2ccc(F)c(Br)c2)CC1. The first-order chi connectivity index (χ1) is 13.5. The van der Waals surface area contributed by atoms with Crippen molar-refractivity contribution in [2.75, 3.05) is 26.2 Å². The number of hydrogen-bond donors (Lipinski definition) is 0. The van der Waals surface area contributed by atoms with E-state index in [-0.39, 0.29) is 24.1 Å². The van der Waals surface area contributed by atoms with Gasteiger partial charge in [-0.2, -0.15) is 0 Å². The van der Waals surface area contributed by atoms with Gasteiger partial charge < -0.3 is 9.80 Å². The van der Waals surface area contributed by atoms with Crippen molar-refractivity contribution in [1.82, 2.24) is 9.80 Å². The van der Waals surface area contributed by atoms with Crippen molar-refractivity contribution in [3.63, 3.8) is 0 Å². The third-order valence-corrected chi connectivity index (χ3v) is 5.63. The fourth-order valence-electron chi connectivity index (χ4n) is 3.39. The highest BCUT2D eigenvalue weighted by molar-refractivity contribution is 9.10. The third kappa shape index (κ3) is 5.64. The Morgan fingerprint density at radius 1 is 0.893 bits per heavy atom. The predicted molar refractivity (Wildman–Crippen MR) is 110 cm³/mol. The van der Waals surface area contributed by atoms with Gasteiger partial charge in [0.15, 0.2) is 0 Å². The van der Waals surface area contributed by atoms with Crippen LogP contribution >= 0.6 is 15.9 Å². The van der Waals surface area contributed by atoms with Gasteiger partial charge in [-0.05, 0) is 52.0 Å². The molecule has 0 aliphatic carbocycles. The zero-order valence-electron chi connectivity index (χ0n) is 15.7. The summed E-state index contributed by atoms with van der Waals surface area (Å²) in [6, 6.07) is 14.8. The molecule has 148 valence electrons. The van der Waals surface area contributed by atoms with E-state index < -0.39 is 0 Å². The topological polar surface area (TPSA) is 40.6 Å². The number of hydrogen-bond acceptors (Lipinski definition) is 2. The number of aryl methyl sites for hydroxylation is 1. The summed E-state index contributed by atoms with van der Waals surface area (Å²) < 4.78 is 13.7. The molecule has 0 N–H and O–H groups in total. The molecular weight excluding hydrogens is 423 g/mol. The van der Waals surface area contributed by atoms with Crippen molar-refractivity contribution in [1.29, 1.82) is 0 Å². The van der Waals surface area contributed by atoms with Crippen molar-refractivity contribution < 1.29 is 14.0 Å². The zero-order chi connectivity index (χ0) is 19.9. The van der Waals surface area contributed by atoms with Gasteiger partial charge in [-0.1, -0.05) is 36.4 Å². The van der Waals surface area contributed by atoms with E-state index >= 15 is 0 Å². The van der Waals surface area contributed by atoms with E-state index in [1.807, 2.05) is 23.1 Å². The lowest BCUT2D eigenvalue weighted by atomic mass is 10.1. The molecule has 1 saturated heterocycles. The van der Waals surface area contributed by atoms with E-state index in [1.165, 1.54) is 11.6 Å². The van der Waals surface area contributed by atoms with Crippen LogP contribution in [0.4, 0.5) is 4.39 Å². The monoisotopic (exact) mass is 446 g/mol. The Morgan fingerprint density at radius 3 is 2.18 bits per heavy atom. The van der Waals surface area contributed by atoms with Crippen LogP contribution in [-0.4, -0.2) is 47.8 Å². The Labute approximate surface area is 173 Å². The van der Waals surface area contributed by atoms with Gasteiger partial charge in [0, 0.05) is 32.6 Å². The third-order valence-electron chi connectivity index (χ3n) is 5.02. The molecule has 1 fully saturated rings. The molecule has 1 aliphatic heterocycles. The van der Waals surface area contributed by atoms with Crippen LogP contribution in [0.1, 0.15) is 24.0 Å². The average molecular weight is 447 g/mol. The second-order valence-corrected chi connectivity index (χ2v) is 7.88. The summed E-state index contributed by atoms with van der Waals surface area (Å²) in [4.78, 5) is 28.5. The number of carbonyl (C=O) groups excluding carboxylic acids is 2. The lowest BCUT2D eigenvalue weighted by molar-refractivity contribution is -0.139. The molecule has 1 aliphatic rings. The molecular formula is C22H24BrFN2O2. The van der Waals surface area contributed by atoms with Crippen LogP contribution in [0.5, 0.6) is 0 Å². The fraction of sp³-hybridized carbons (Fsp3) is 0.364. The highest BCUT2D eigenvalue weighted by Gasteiger charge is 2.24. The minimum Gasteiger partial charge on any atom is -0.339 e. The molecule has 28 heavy (non-hydrogen) atoms. The lowest BCUT2D eigenvalue weighted by Gasteiger charge is -2.35. The van der Waals surface area contributed by atoms with Gasteiger partial charge in [0.1, 0.15) is 5.82 Å². The summed E-state index contributed by atoms with van der Waals surface area (Å²) in [5.74, 6) is -0.171. The summed E-state index contributed by atoms with van der Waals surface area (Å²) in [5.41, 5.74) is 2.02. The molecule has 0 aromatic heterocycles. The standard InChI is InChI=1S/C22H24BrFN2O2/c23-19-15-18(9-10-20(19)24)16-22(28)26-13-11-25(12-14-26)21(27)8-4-7-17-5-2-1-3-6-17/h1-3,5-6,9-10,15H,4,7-8,11-14,16H2. The van der Waals surface area contributed by atoms with Gasteiger partial charge in [0.25, 0.3) is 0 Å². The van der Waals surface area contributed by atoms with Crippen LogP contribution < -0.4 is 0 Å². The van der Waals surface area contributed by atoms with Crippen LogP contribution in [0, 0.1) is 5.82 Å². The maximum atomic E-state index is 13.3. The Bertz CT molecular complexity index is 821. The molecule has 2 aromatic rings. The van der Waals surface area contributed by atoms with Crippen LogP contribution in [0.3, 0.4) is 0 Å². The van der Waals surface area contributed by atoms with Gasteiger partial charge in [-0.25, -0.2) is 4.39 Å². The molecule has 3 rings (SSSR count). The normalized spacial score (nSPS) is 14.2. The summed E-state index contributed by atoms with van der Waals surface area (Å²) in [6.07, 6.45) is 2.51. The average Bonchev–Trinajstić information content (AvgIpc) is 2.71. The first-order valence-corrected chi connectivity index (χ1v) is 10.4. The summed E-state index contributed by atoms with van der Waals surface area (Å²) in [6.45, 7) is 2.24. The first kappa shape index (κ1) is 20.5. The second kappa shape index (κ2) is 9.82.